The summed E-state index contributed by atoms with van der Waals surface area (Å²) in [5, 5.41) is 3.45. The van der Waals surface area contributed by atoms with Crippen LogP contribution >= 0.6 is 0 Å². The van der Waals surface area contributed by atoms with E-state index >= 15 is 0 Å². The van der Waals surface area contributed by atoms with Crippen molar-refractivity contribution < 1.29 is 32.1 Å². The van der Waals surface area contributed by atoms with Gasteiger partial charge in [-0.1, -0.05) is 0 Å². The van der Waals surface area contributed by atoms with Gasteiger partial charge in [0.15, 0.2) is 23.8 Å². The Balaban J connectivity index is 1.46. The fraction of sp³-hybridized carbons (Fsp3) is 0.333. The van der Waals surface area contributed by atoms with E-state index in [1.165, 1.54) is 13.4 Å². The fourth-order valence-corrected chi connectivity index (χ4v) is 3.86. The lowest BCUT2D eigenvalue weighted by molar-refractivity contribution is 0.0271. The zero-order chi connectivity index (χ0) is 21.5. The van der Waals surface area contributed by atoms with Crippen LogP contribution in [0.1, 0.15) is 0 Å². The summed E-state index contributed by atoms with van der Waals surface area (Å²) >= 11 is 0. The molecular formula is C21H18F3N3O4. The summed E-state index contributed by atoms with van der Waals surface area (Å²) < 4.78 is 63.3. The summed E-state index contributed by atoms with van der Waals surface area (Å²) in [7, 11) is 1.48. The maximum Gasteiger partial charge on any atom is 0.164 e. The molecule has 0 spiro atoms. The summed E-state index contributed by atoms with van der Waals surface area (Å²) in [4.78, 5) is 8.43. The van der Waals surface area contributed by atoms with Gasteiger partial charge in [0.05, 0.1) is 25.8 Å². The largest absolute Gasteiger partial charge is 0.493 e. The van der Waals surface area contributed by atoms with E-state index in [9.17, 15) is 13.2 Å². The number of benzene rings is 2. The van der Waals surface area contributed by atoms with E-state index in [1.54, 1.807) is 12.1 Å². The number of aromatic nitrogens is 2. The molecule has 10 heteroatoms. The molecule has 2 fully saturated rings. The third-order valence-corrected chi connectivity index (χ3v) is 5.27. The molecule has 5 rings (SSSR count). The molecule has 162 valence electrons. The van der Waals surface area contributed by atoms with Gasteiger partial charge in [-0.05, 0) is 18.2 Å². The standard InChI is InChI=1S/C21H18F3N3O4/c1-28-16-5-13-15(6-17(16)31-18-8-30-19-14(24)7-29-20(18)19)25-9-26-21(13)27-12-3-10(22)2-11(23)4-12/h2-6,9,14,18-20H,7-8H2,1H3,(H,25,26,27)/t14-,18?,19+,20+/m1/s1. The number of nitrogens with zero attached hydrogens (tertiary/aromatic N) is 2. The van der Waals surface area contributed by atoms with Crippen LogP contribution in [0.5, 0.6) is 11.5 Å². The van der Waals surface area contributed by atoms with Gasteiger partial charge in [0.1, 0.15) is 36.0 Å². The number of methoxy groups -OCH3 is 1. The highest BCUT2D eigenvalue weighted by molar-refractivity contribution is 5.93. The Morgan fingerprint density at radius 1 is 0.968 bits per heavy atom. The highest BCUT2D eigenvalue weighted by Gasteiger charge is 2.49. The first-order valence-corrected chi connectivity index (χ1v) is 9.61. The first-order chi connectivity index (χ1) is 15.0. The predicted octanol–water partition coefficient (Wildman–Crippen LogP) is 3.54. The van der Waals surface area contributed by atoms with Crippen molar-refractivity contribution in [1.29, 1.82) is 0 Å². The molecule has 0 bridgehead atoms. The first kappa shape index (κ1) is 19.8. The lowest BCUT2D eigenvalue weighted by atomic mass is 10.1. The van der Waals surface area contributed by atoms with E-state index in [-0.39, 0.29) is 18.9 Å². The van der Waals surface area contributed by atoms with Crippen LogP contribution in [0.3, 0.4) is 0 Å². The van der Waals surface area contributed by atoms with E-state index in [0.717, 1.165) is 18.2 Å². The van der Waals surface area contributed by atoms with Gasteiger partial charge in [-0.3, -0.25) is 0 Å². The second kappa shape index (κ2) is 7.86. The Morgan fingerprint density at radius 2 is 1.74 bits per heavy atom. The Morgan fingerprint density at radius 3 is 2.52 bits per heavy atom. The van der Waals surface area contributed by atoms with Crippen molar-refractivity contribution in [2.45, 2.75) is 24.5 Å². The number of rotatable bonds is 5. The average Bonchev–Trinajstić information content (AvgIpc) is 3.30. The van der Waals surface area contributed by atoms with Crippen LogP contribution in [0.4, 0.5) is 24.7 Å². The Bertz CT molecular complexity index is 1110. The number of nitrogens with one attached hydrogen (secondary N) is 1. The predicted molar refractivity (Wildman–Crippen MR) is 105 cm³/mol. The maximum absolute atomic E-state index is 13.8. The van der Waals surface area contributed by atoms with Gasteiger partial charge in [0, 0.05) is 23.2 Å². The van der Waals surface area contributed by atoms with Crippen LogP contribution in [0.15, 0.2) is 36.7 Å². The molecule has 2 aliphatic rings. The van der Waals surface area contributed by atoms with Gasteiger partial charge in [-0.2, -0.15) is 0 Å². The van der Waals surface area contributed by atoms with E-state index in [1.807, 2.05) is 0 Å². The van der Waals surface area contributed by atoms with Crippen molar-refractivity contribution in [1.82, 2.24) is 9.97 Å². The van der Waals surface area contributed by atoms with Crippen molar-refractivity contribution in [3.05, 3.63) is 48.3 Å². The number of fused-ring (bicyclic) bond motifs is 2. The molecule has 1 N–H and O–H groups in total. The van der Waals surface area contributed by atoms with Crippen LogP contribution in [-0.2, 0) is 9.47 Å². The number of halogens is 3. The minimum absolute atomic E-state index is 0.0209. The molecule has 3 heterocycles. The van der Waals surface area contributed by atoms with Gasteiger partial charge >= 0.3 is 0 Å². The zero-order valence-corrected chi connectivity index (χ0v) is 16.3. The van der Waals surface area contributed by atoms with Crippen LogP contribution < -0.4 is 14.8 Å². The fourth-order valence-electron chi connectivity index (χ4n) is 3.86. The molecular weight excluding hydrogens is 415 g/mol. The van der Waals surface area contributed by atoms with Crippen molar-refractivity contribution >= 4 is 22.4 Å². The topological polar surface area (TPSA) is 74.7 Å². The summed E-state index contributed by atoms with van der Waals surface area (Å²) in [6.07, 6.45) is -1.49. The zero-order valence-electron chi connectivity index (χ0n) is 16.3. The Labute approximate surface area is 175 Å². The maximum atomic E-state index is 13.8. The van der Waals surface area contributed by atoms with Crippen molar-refractivity contribution in [3.63, 3.8) is 0 Å². The smallest absolute Gasteiger partial charge is 0.164 e. The highest BCUT2D eigenvalue weighted by Crippen LogP contribution is 2.38. The third-order valence-electron chi connectivity index (χ3n) is 5.27. The highest BCUT2D eigenvalue weighted by atomic mass is 19.1. The van der Waals surface area contributed by atoms with Crippen LogP contribution in [0.25, 0.3) is 10.9 Å². The van der Waals surface area contributed by atoms with E-state index in [2.05, 4.69) is 15.3 Å². The number of anilines is 2. The summed E-state index contributed by atoms with van der Waals surface area (Å²) in [5.74, 6) is -0.319. The molecule has 7 nitrogen and oxygen atoms in total. The quantitative estimate of drug-likeness (QED) is 0.660. The average molecular weight is 433 g/mol. The first-order valence-electron chi connectivity index (χ1n) is 9.61. The van der Waals surface area contributed by atoms with Crippen molar-refractivity contribution in [3.8, 4) is 11.5 Å². The molecule has 0 amide bonds. The molecule has 4 atom stereocenters. The van der Waals surface area contributed by atoms with Crippen molar-refractivity contribution in [2.75, 3.05) is 25.6 Å². The van der Waals surface area contributed by atoms with Gasteiger partial charge in [0.2, 0.25) is 0 Å². The molecule has 31 heavy (non-hydrogen) atoms. The minimum atomic E-state index is -1.17. The Kier molecular flexibility index (Phi) is 5.03. The van der Waals surface area contributed by atoms with Crippen LogP contribution in [0.2, 0.25) is 0 Å². The molecule has 0 saturated carbocycles. The number of alkyl halides is 1. The van der Waals surface area contributed by atoms with E-state index in [0.29, 0.717) is 28.2 Å². The lowest BCUT2D eigenvalue weighted by Crippen LogP contribution is -2.33. The van der Waals surface area contributed by atoms with E-state index in [4.69, 9.17) is 18.9 Å². The monoisotopic (exact) mass is 433 g/mol. The number of ether oxygens (including phenoxy) is 4. The molecule has 0 aliphatic carbocycles. The summed E-state index contributed by atoms with van der Waals surface area (Å²) in [5.41, 5.74) is 0.710. The Hall–Kier alpha value is -3.11. The lowest BCUT2D eigenvalue weighted by Gasteiger charge is -2.20. The number of hydrogen-bond acceptors (Lipinski definition) is 7. The molecule has 3 aromatic rings. The van der Waals surface area contributed by atoms with Gasteiger partial charge in [-0.15, -0.1) is 0 Å². The molecule has 1 unspecified atom stereocenters. The van der Waals surface area contributed by atoms with Gasteiger partial charge in [0.25, 0.3) is 0 Å². The second-order valence-electron chi connectivity index (χ2n) is 7.29. The van der Waals surface area contributed by atoms with Crippen LogP contribution in [0, 0.1) is 11.6 Å². The summed E-state index contributed by atoms with van der Waals surface area (Å²) in [6, 6.07) is 6.40. The normalized spacial score (nSPS) is 24.9. The van der Waals surface area contributed by atoms with Crippen LogP contribution in [-0.4, -0.2) is 54.8 Å². The van der Waals surface area contributed by atoms with Gasteiger partial charge < -0.3 is 24.3 Å². The van der Waals surface area contributed by atoms with Crippen molar-refractivity contribution in [2.24, 2.45) is 0 Å². The SMILES string of the molecule is COc1cc2c(Nc3cc(F)cc(F)c3)ncnc2cc1OC1CO[C@H]2[C@H](F)CO[C@@H]12. The van der Waals surface area contributed by atoms with Gasteiger partial charge in [-0.25, -0.2) is 23.1 Å². The third kappa shape index (κ3) is 3.72. The summed E-state index contributed by atoms with van der Waals surface area (Å²) in [6.45, 7) is 0.172. The molecule has 2 aliphatic heterocycles. The minimum Gasteiger partial charge on any atom is -0.493 e. The molecule has 2 saturated heterocycles. The second-order valence-corrected chi connectivity index (χ2v) is 7.29. The van der Waals surface area contributed by atoms with E-state index < -0.39 is 36.1 Å². The molecule has 1 aromatic heterocycles. The molecule has 2 aromatic carbocycles. The number of hydrogen-bond donors (Lipinski definition) is 1. The molecule has 0 radical (unpaired) electrons.